The number of rotatable bonds is 6. The molecule has 18 heavy (non-hydrogen) atoms. The van der Waals surface area contributed by atoms with Crippen LogP contribution in [0.3, 0.4) is 0 Å². The summed E-state index contributed by atoms with van der Waals surface area (Å²) in [4.78, 5) is 2.09. The smallest absolute Gasteiger partial charge is 0.240 e. The maximum absolute atomic E-state index is 11.3. The van der Waals surface area contributed by atoms with Gasteiger partial charge in [-0.2, -0.15) is 0 Å². The third-order valence-electron chi connectivity index (χ3n) is 2.72. The van der Waals surface area contributed by atoms with Crippen LogP contribution in [0.15, 0.2) is 23.1 Å². The third kappa shape index (κ3) is 3.86. The van der Waals surface area contributed by atoms with Gasteiger partial charge in [0.1, 0.15) is 4.90 Å². The number of benzene rings is 1. The molecule has 0 spiro atoms. The van der Waals surface area contributed by atoms with Gasteiger partial charge in [0.15, 0.2) is 0 Å². The molecule has 0 saturated carbocycles. The van der Waals surface area contributed by atoms with Crippen LogP contribution in [0.1, 0.15) is 6.92 Å². The van der Waals surface area contributed by atoms with Crippen molar-refractivity contribution in [1.82, 2.24) is 4.90 Å². The quantitative estimate of drug-likeness (QED) is 0.646. The van der Waals surface area contributed by atoms with Gasteiger partial charge >= 0.3 is 0 Å². The lowest BCUT2D eigenvalue weighted by molar-refractivity contribution is 0.367. The first-order valence-corrected chi connectivity index (χ1v) is 7.24. The molecule has 0 radical (unpaired) electrons. The number of anilines is 2. The summed E-state index contributed by atoms with van der Waals surface area (Å²) in [5, 5.41) is 8.19. The van der Waals surface area contributed by atoms with Crippen molar-refractivity contribution in [3.63, 3.8) is 0 Å². The fraction of sp³-hybridized carbons (Fsp3) is 0.455. The minimum absolute atomic E-state index is 0.0450. The van der Waals surface area contributed by atoms with Crippen molar-refractivity contribution >= 4 is 21.4 Å². The Morgan fingerprint density at radius 3 is 2.61 bits per heavy atom. The summed E-state index contributed by atoms with van der Waals surface area (Å²) in [6.45, 7) is 4.54. The lowest BCUT2D eigenvalue weighted by Crippen LogP contribution is -2.25. The second kappa shape index (κ2) is 6.03. The van der Waals surface area contributed by atoms with Gasteiger partial charge in [-0.15, -0.1) is 0 Å². The van der Waals surface area contributed by atoms with Gasteiger partial charge in [0.2, 0.25) is 10.0 Å². The van der Waals surface area contributed by atoms with Gasteiger partial charge in [-0.25, -0.2) is 13.6 Å². The molecule has 102 valence electrons. The molecule has 0 aliphatic carbocycles. The first-order valence-electron chi connectivity index (χ1n) is 5.70. The molecule has 0 heterocycles. The molecule has 0 saturated heterocycles. The molecule has 1 rings (SSSR count). The fourth-order valence-electron chi connectivity index (χ4n) is 1.49. The predicted octanol–water partition coefficient (Wildman–Crippen LogP) is 0.280. The molecule has 5 N–H and O–H groups in total. The highest BCUT2D eigenvalue weighted by atomic mass is 32.2. The summed E-state index contributed by atoms with van der Waals surface area (Å²) in [5.41, 5.74) is 6.54. The topological polar surface area (TPSA) is 101 Å². The largest absolute Gasteiger partial charge is 0.396 e. The van der Waals surface area contributed by atoms with E-state index in [9.17, 15) is 8.42 Å². The average Bonchev–Trinajstić information content (AvgIpc) is 2.29. The van der Waals surface area contributed by atoms with Crippen molar-refractivity contribution in [3.8, 4) is 0 Å². The highest BCUT2D eigenvalue weighted by Gasteiger charge is 2.14. The van der Waals surface area contributed by atoms with E-state index in [0.717, 1.165) is 13.1 Å². The molecule has 0 fully saturated rings. The summed E-state index contributed by atoms with van der Waals surface area (Å²) in [6, 6.07) is 4.74. The molecular weight excluding hydrogens is 252 g/mol. The summed E-state index contributed by atoms with van der Waals surface area (Å²) in [6.07, 6.45) is 0. The Balaban J connectivity index is 2.79. The monoisotopic (exact) mass is 272 g/mol. The Kier molecular flexibility index (Phi) is 4.94. The molecular formula is C11H20N4O2S. The Bertz CT molecular complexity index is 502. The minimum Gasteiger partial charge on any atom is -0.396 e. The van der Waals surface area contributed by atoms with Crippen LogP contribution >= 0.6 is 0 Å². The second-order valence-corrected chi connectivity index (χ2v) is 5.61. The maximum Gasteiger partial charge on any atom is 0.240 e. The van der Waals surface area contributed by atoms with Crippen LogP contribution in [0.4, 0.5) is 11.4 Å². The van der Waals surface area contributed by atoms with Gasteiger partial charge in [0, 0.05) is 13.1 Å². The molecule has 7 heteroatoms. The molecule has 6 nitrogen and oxygen atoms in total. The van der Waals surface area contributed by atoms with Crippen LogP contribution in [0, 0.1) is 0 Å². The Hall–Kier alpha value is -1.31. The van der Waals surface area contributed by atoms with Crippen molar-refractivity contribution in [2.75, 3.05) is 37.7 Å². The number of nitrogens with two attached hydrogens (primary N) is 2. The van der Waals surface area contributed by atoms with Crippen molar-refractivity contribution in [3.05, 3.63) is 18.2 Å². The lowest BCUT2D eigenvalue weighted by atomic mass is 10.2. The van der Waals surface area contributed by atoms with Gasteiger partial charge < -0.3 is 16.0 Å². The Labute approximate surface area is 108 Å². The van der Waals surface area contributed by atoms with Gasteiger partial charge in [-0.05, 0) is 25.7 Å². The van der Waals surface area contributed by atoms with Crippen LogP contribution in [-0.4, -0.2) is 40.0 Å². The Morgan fingerprint density at radius 2 is 2.06 bits per heavy atom. The number of hydrogen-bond acceptors (Lipinski definition) is 5. The van der Waals surface area contributed by atoms with E-state index in [1.165, 1.54) is 6.07 Å². The predicted molar refractivity (Wildman–Crippen MR) is 73.9 cm³/mol. The summed E-state index contributed by atoms with van der Waals surface area (Å²) in [7, 11) is -1.77. The van der Waals surface area contributed by atoms with Crippen LogP contribution in [-0.2, 0) is 10.0 Å². The number of likely N-dealkylation sites (N-methyl/N-ethyl adjacent to an activating group) is 1. The van der Waals surface area contributed by atoms with E-state index in [-0.39, 0.29) is 10.6 Å². The van der Waals surface area contributed by atoms with E-state index >= 15 is 0 Å². The average molecular weight is 272 g/mol. The normalized spacial score (nSPS) is 11.8. The maximum atomic E-state index is 11.3. The van der Waals surface area contributed by atoms with Gasteiger partial charge in [0.25, 0.3) is 0 Å². The molecule has 0 aliphatic heterocycles. The van der Waals surface area contributed by atoms with Crippen LogP contribution in [0.5, 0.6) is 0 Å². The van der Waals surface area contributed by atoms with Gasteiger partial charge in [-0.1, -0.05) is 13.0 Å². The van der Waals surface area contributed by atoms with Crippen molar-refractivity contribution in [1.29, 1.82) is 0 Å². The second-order valence-electron chi connectivity index (χ2n) is 4.09. The number of nitrogens with one attached hydrogen (secondary N) is 1. The number of primary sulfonamides is 1. The highest BCUT2D eigenvalue weighted by molar-refractivity contribution is 7.89. The first-order chi connectivity index (χ1) is 8.36. The molecule has 1 aromatic rings. The standard InChI is InChI=1S/C11H20N4O2S/c1-3-15(2)8-7-14-9-5-4-6-10(11(9)12)18(13,16)17/h4-6,14H,3,7-8,12H2,1-2H3,(H2,13,16,17). The van der Waals surface area contributed by atoms with E-state index in [0.29, 0.717) is 12.2 Å². The van der Waals surface area contributed by atoms with Gasteiger partial charge in [0.05, 0.1) is 11.4 Å². The first kappa shape index (κ1) is 14.7. The molecule has 0 amide bonds. The summed E-state index contributed by atoms with van der Waals surface area (Å²) >= 11 is 0. The number of nitrogens with zero attached hydrogens (tertiary/aromatic N) is 1. The van der Waals surface area contributed by atoms with Crippen molar-refractivity contribution in [2.45, 2.75) is 11.8 Å². The van der Waals surface area contributed by atoms with Crippen molar-refractivity contribution < 1.29 is 8.42 Å². The zero-order chi connectivity index (χ0) is 13.8. The molecule has 0 atom stereocenters. The number of nitrogen functional groups attached to an aromatic ring is 1. The zero-order valence-corrected chi connectivity index (χ0v) is 11.5. The van der Waals surface area contributed by atoms with Crippen LogP contribution < -0.4 is 16.2 Å². The summed E-state index contributed by atoms with van der Waals surface area (Å²) < 4.78 is 22.6. The lowest BCUT2D eigenvalue weighted by Gasteiger charge is -2.16. The molecule has 0 aromatic heterocycles. The third-order valence-corrected chi connectivity index (χ3v) is 3.69. The molecule has 0 aliphatic rings. The van der Waals surface area contributed by atoms with E-state index in [2.05, 4.69) is 17.1 Å². The number of hydrogen-bond donors (Lipinski definition) is 3. The van der Waals surface area contributed by atoms with E-state index in [1.807, 2.05) is 7.05 Å². The van der Waals surface area contributed by atoms with E-state index in [4.69, 9.17) is 10.9 Å². The minimum atomic E-state index is -3.78. The van der Waals surface area contributed by atoms with Crippen molar-refractivity contribution in [2.24, 2.45) is 5.14 Å². The summed E-state index contributed by atoms with van der Waals surface area (Å²) in [5.74, 6) is 0. The fourth-order valence-corrected chi connectivity index (χ4v) is 2.17. The number of para-hydroxylation sites is 1. The molecule has 0 unspecified atom stereocenters. The zero-order valence-electron chi connectivity index (χ0n) is 10.7. The number of sulfonamides is 1. The molecule has 0 bridgehead atoms. The molecule has 1 aromatic carbocycles. The van der Waals surface area contributed by atoms with E-state index in [1.54, 1.807) is 12.1 Å². The van der Waals surface area contributed by atoms with Crippen LogP contribution in [0.2, 0.25) is 0 Å². The van der Waals surface area contributed by atoms with Gasteiger partial charge in [-0.3, -0.25) is 0 Å². The highest BCUT2D eigenvalue weighted by Crippen LogP contribution is 2.25. The van der Waals surface area contributed by atoms with Crippen LogP contribution in [0.25, 0.3) is 0 Å². The Morgan fingerprint density at radius 1 is 1.39 bits per heavy atom. The van der Waals surface area contributed by atoms with E-state index < -0.39 is 10.0 Å². The SMILES string of the molecule is CCN(C)CCNc1cccc(S(N)(=O)=O)c1N.